The highest BCUT2D eigenvalue weighted by Crippen LogP contribution is 2.22. The van der Waals surface area contributed by atoms with Crippen molar-refractivity contribution in [2.24, 2.45) is 0 Å². The number of amides is 1. The molecule has 0 aliphatic heterocycles. The predicted octanol–water partition coefficient (Wildman–Crippen LogP) is 3.99. The molecule has 0 aliphatic carbocycles. The van der Waals surface area contributed by atoms with Crippen molar-refractivity contribution in [3.63, 3.8) is 0 Å². The summed E-state index contributed by atoms with van der Waals surface area (Å²) >= 11 is 11.8. The summed E-state index contributed by atoms with van der Waals surface area (Å²) in [5, 5.41) is 0.442. The number of nitrogen functional groups attached to an aromatic ring is 1. The van der Waals surface area contributed by atoms with Crippen LogP contribution in [-0.4, -0.2) is 17.9 Å². The molecule has 0 saturated heterocycles. The van der Waals surface area contributed by atoms with Crippen molar-refractivity contribution in [2.45, 2.75) is 6.54 Å². The normalized spacial score (nSPS) is 10.5. The van der Waals surface area contributed by atoms with Gasteiger partial charge >= 0.3 is 0 Å². The summed E-state index contributed by atoms with van der Waals surface area (Å²) in [6.07, 6.45) is 0. The Bertz CT molecular complexity index is 691. The Morgan fingerprint density at radius 1 is 1.19 bits per heavy atom. The second-order valence-electron chi connectivity index (χ2n) is 4.64. The number of carbonyl (C=O) groups excluding carboxylic acids is 1. The van der Waals surface area contributed by atoms with Gasteiger partial charge < -0.3 is 10.6 Å². The lowest BCUT2D eigenvalue weighted by atomic mass is 10.1. The molecule has 0 saturated carbocycles. The van der Waals surface area contributed by atoms with Crippen molar-refractivity contribution >= 4 is 34.8 Å². The molecule has 0 bridgehead atoms. The van der Waals surface area contributed by atoms with Gasteiger partial charge in [0, 0.05) is 29.9 Å². The number of carbonyl (C=O) groups is 1. The number of hydrogen-bond acceptors (Lipinski definition) is 2. The Morgan fingerprint density at radius 3 is 2.57 bits per heavy atom. The van der Waals surface area contributed by atoms with Crippen LogP contribution in [-0.2, 0) is 6.54 Å². The van der Waals surface area contributed by atoms with E-state index in [4.69, 9.17) is 28.9 Å². The maximum absolute atomic E-state index is 13.1. The first-order chi connectivity index (χ1) is 9.88. The smallest absolute Gasteiger partial charge is 0.253 e. The van der Waals surface area contributed by atoms with Crippen molar-refractivity contribution in [2.75, 3.05) is 12.8 Å². The van der Waals surface area contributed by atoms with Crippen LogP contribution in [0.25, 0.3) is 0 Å². The molecule has 0 fully saturated rings. The van der Waals surface area contributed by atoms with Gasteiger partial charge in [-0.3, -0.25) is 4.79 Å². The highest BCUT2D eigenvalue weighted by molar-refractivity contribution is 6.31. The van der Waals surface area contributed by atoms with Crippen molar-refractivity contribution in [1.29, 1.82) is 0 Å². The van der Waals surface area contributed by atoms with Crippen LogP contribution in [0.2, 0.25) is 10.0 Å². The molecule has 0 aliphatic rings. The molecular formula is C15H13Cl2FN2O. The second kappa shape index (κ2) is 6.33. The van der Waals surface area contributed by atoms with Gasteiger partial charge in [0.25, 0.3) is 5.91 Å². The number of nitrogens with two attached hydrogens (primary N) is 1. The topological polar surface area (TPSA) is 46.3 Å². The molecule has 0 spiro atoms. The molecule has 0 heterocycles. The maximum atomic E-state index is 13.1. The minimum atomic E-state index is -0.560. The molecular weight excluding hydrogens is 314 g/mol. The molecule has 2 N–H and O–H groups in total. The quantitative estimate of drug-likeness (QED) is 0.867. The Balaban J connectivity index is 2.19. The van der Waals surface area contributed by atoms with Crippen LogP contribution in [0.4, 0.5) is 10.1 Å². The highest BCUT2D eigenvalue weighted by atomic mass is 35.5. The minimum absolute atomic E-state index is 0.0868. The van der Waals surface area contributed by atoms with E-state index in [2.05, 4.69) is 0 Å². The fraction of sp³-hybridized carbons (Fsp3) is 0.133. The third kappa shape index (κ3) is 3.65. The lowest BCUT2D eigenvalue weighted by molar-refractivity contribution is 0.0785. The molecule has 21 heavy (non-hydrogen) atoms. The van der Waals surface area contributed by atoms with E-state index in [9.17, 15) is 9.18 Å². The van der Waals surface area contributed by atoms with Gasteiger partial charge in [-0.1, -0.05) is 23.2 Å². The minimum Gasteiger partial charge on any atom is -0.399 e. The van der Waals surface area contributed by atoms with Crippen LogP contribution in [0.5, 0.6) is 0 Å². The fourth-order valence-corrected chi connectivity index (χ4v) is 2.25. The monoisotopic (exact) mass is 326 g/mol. The standard InChI is InChI=1S/C15H13Cl2FN2O/c1-20(8-10-6-11(19)3-4-12(10)16)15(21)9-2-5-14(18)13(17)7-9/h2-7H,8,19H2,1H3. The van der Waals surface area contributed by atoms with Gasteiger partial charge in [-0.25, -0.2) is 4.39 Å². The number of hydrogen-bond donors (Lipinski definition) is 1. The van der Waals surface area contributed by atoms with Crippen molar-refractivity contribution < 1.29 is 9.18 Å². The van der Waals surface area contributed by atoms with E-state index in [1.807, 2.05) is 0 Å². The van der Waals surface area contributed by atoms with Crippen LogP contribution >= 0.6 is 23.2 Å². The molecule has 2 rings (SSSR count). The van der Waals surface area contributed by atoms with E-state index in [1.165, 1.54) is 17.0 Å². The first-order valence-electron chi connectivity index (χ1n) is 6.13. The summed E-state index contributed by atoms with van der Waals surface area (Å²) in [7, 11) is 1.62. The Kier molecular flexibility index (Phi) is 4.70. The Hall–Kier alpha value is -1.78. The van der Waals surface area contributed by atoms with Gasteiger partial charge in [0.1, 0.15) is 5.82 Å². The summed E-state index contributed by atoms with van der Waals surface area (Å²) in [6.45, 7) is 0.289. The first kappa shape index (κ1) is 15.6. The van der Waals surface area contributed by atoms with Crippen LogP contribution in [0, 0.1) is 5.82 Å². The van der Waals surface area contributed by atoms with E-state index in [-0.39, 0.29) is 17.5 Å². The van der Waals surface area contributed by atoms with Gasteiger partial charge in [-0.2, -0.15) is 0 Å². The molecule has 0 aromatic heterocycles. The first-order valence-corrected chi connectivity index (χ1v) is 6.88. The second-order valence-corrected chi connectivity index (χ2v) is 5.46. The zero-order valence-electron chi connectivity index (χ0n) is 11.2. The average molecular weight is 327 g/mol. The SMILES string of the molecule is CN(Cc1cc(N)ccc1Cl)C(=O)c1ccc(F)c(Cl)c1. The van der Waals surface area contributed by atoms with E-state index in [0.29, 0.717) is 16.3 Å². The molecule has 0 atom stereocenters. The van der Waals surface area contributed by atoms with Crippen molar-refractivity contribution in [3.8, 4) is 0 Å². The molecule has 6 heteroatoms. The van der Waals surface area contributed by atoms with Crippen LogP contribution in [0.15, 0.2) is 36.4 Å². The summed E-state index contributed by atoms with van der Waals surface area (Å²) in [5.41, 5.74) is 7.32. The number of nitrogens with zero attached hydrogens (tertiary/aromatic N) is 1. The van der Waals surface area contributed by atoms with Crippen LogP contribution < -0.4 is 5.73 Å². The van der Waals surface area contributed by atoms with Gasteiger partial charge in [0.15, 0.2) is 0 Å². The summed E-state index contributed by atoms with van der Waals surface area (Å²) in [5.74, 6) is -0.842. The molecule has 110 valence electrons. The summed E-state index contributed by atoms with van der Waals surface area (Å²) < 4.78 is 13.1. The Labute approximate surface area is 132 Å². The van der Waals surface area contributed by atoms with Crippen molar-refractivity contribution in [1.82, 2.24) is 4.90 Å². The zero-order chi connectivity index (χ0) is 15.6. The zero-order valence-corrected chi connectivity index (χ0v) is 12.7. The number of anilines is 1. The molecule has 3 nitrogen and oxygen atoms in total. The van der Waals surface area contributed by atoms with Gasteiger partial charge in [-0.15, -0.1) is 0 Å². The fourth-order valence-electron chi connectivity index (χ4n) is 1.89. The van der Waals surface area contributed by atoms with E-state index in [0.717, 1.165) is 11.6 Å². The number of rotatable bonds is 3. The molecule has 2 aromatic rings. The van der Waals surface area contributed by atoms with Gasteiger partial charge in [0.05, 0.1) is 5.02 Å². The largest absolute Gasteiger partial charge is 0.399 e. The average Bonchev–Trinajstić information content (AvgIpc) is 2.45. The summed E-state index contributed by atoms with van der Waals surface area (Å²) in [4.78, 5) is 13.7. The molecule has 0 radical (unpaired) electrons. The number of halogens is 3. The van der Waals surface area contributed by atoms with Gasteiger partial charge in [-0.05, 0) is 42.0 Å². The Morgan fingerprint density at radius 2 is 1.90 bits per heavy atom. The predicted molar refractivity (Wildman–Crippen MR) is 83.1 cm³/mol. The van der Waals surface area contributed by atoms with Gasteiger partial charge in [0.2, 0.25) is 0 Å². The third-order valence-corrected chi connectivity index (χ3v) is 3.65. The lowest BCUT2D eigenvalue weighted by Crippen LogP contribution is -2.26. The van der Waals surface area contributed by atoms with Crippen LogP contribution in [0.1, 0.15) is 15.9 Å². The van der Waals surface area contributed by atoms with E-state index < -0.39 is 5.82 Å². The number of benzene rings is 2. The van der Waals surface area contributed by atoms with Crippen LogP contribution in [0.3, 0.4) is 0 Å². The maximum Gasteiger partial charge on any atom is 0.253 e. The lowest BCUT2D eigenvalue weighted by Gasteiger charge is -2.18. The summed E-state index contributed by atoms with van der Waals surface area (Å²) in [6, 6.07) is 8.94. The van der Waals surface area contributed by atoms with E-state index in [1.54, 1.807) is 25.2 Å². The molecule has 0 unspecified atom stereocenters. The molecule has 1 amide bonds. The highest BCUT2D eigenvalue weighted by Gasteiger charge is 2.15. The molecule has 2 aromatic carbocycles. The third-order valence-electron chi connectivity index (χ3n) is 2.99. The van der Waals surface area contributed by atoms with Crippen molar-refractivity contribution in [3.05, 3.63) is 63.4 Å². The van der Waals surface area contributed by atoms with E-state index >= 15 is 0 Å².